The van der Waals surface area contributed by atoms with Gasteiger partial charge in [0.05, 0.1) is 21.0 Å². The number of fused-ring (bicyclic) bond motifs is 1. The van der Waals surface area contributed by atoms with Gasteiger partial charge < -0.3 is 10.2 Å². The van der Waals surface area contributed by atoms with Crippen molar-refractivity contribution < 1.29 is 13.2 Å². The van der Waals surface area contributed by atoms with Gasteiger partial charge in [0.25, 0.3) is 0 Å². The van der Waals surface area contributed by atoms with Crippen molar-refractivity contribution in [2.75, 3.05) is 23.3 Å². The minimum atomic E-state index is -3.73. The fraction of sp³-hybridized carbons (Fsp3) is 0.176. The largest absolute Gasteiger partial charge is 0.346 e. The van der Waals surface area contributed by atoms with E-state index in [0.717, 1.165) is 15.3 Å². The van der Waals surface area contributed by atoms with Crippen molar-refractivity contribution in [3.05, 3.63) is 48.5 Å². The van der Waals surface area contributed by atoms with Crippen LogP contribution in [0.1, 0.15) is 0 Å². The third-order valence-corrected chi connectivity index (χ3v) is 6.28. The molecule has 1 saturated heterocycles. The van der Waals surface area contributed by atoms with Crippen LogP contribution in [0.15, 0.2) is 53.4 Å². The molecule has 0 saturated carbocycles. The van der Waals surface area contributed by atoms with Gasteiger partial charge in [0.2, 0.25) is 15.9 Å². The van der Waals surface area contributed by atoms with E-state index in [4.69, 9.17) is 5.14 Å². The quantitative estimate of drug-likeness (QED) is 0.711. The number of nitrogens with one attached hydrogen (secondary N) is 1. The monoisotopic (exact) mass is 388 g/mol. The van der Waals surface area contributed by atoms with E-state index < -0.39 is 10.0 Å². The Morgan fingerprint density at radius 2 is 1.85 bits per heavy atom. The van der Waals surface area contributed by atoms with E-state index in [0.29, 0.717) is 18.8 Å². The van der Waals surface area contributed by atoms with Gasteiger partial charge in [-0.2, -0.15) is 0 Å². The van der Waals surface area contributed by atoms with Gasteiger partial charge in [0.15, 0.2) is 5.13 Å². The topological polar surface area (TPSA) is 105 Å². The van der Waals surface area contributed by atoms with E-state index in [9.17, 15) is 13.2 Å². The zero-order chi connectivity index (χ0) is 18.3. The Bertz CT molecular complexity index is 1040. The smallest absolute Gasteiger partial charge is 0.238 e. The summed E-state index contributed by atoms with van der Waals surface area (Å²) in [5.74, 6) is -0.217. The normalized spacial score (nSPS) is 15.0. The lowest BCUT2D eigenvalue weighted by molar-refractivity contribution is -0.120. The zero-order valence-electron chi connectivity index (χ0n) is 13.6. The number of nitrogens with two attached hydrogens (primary N) is 1. The van der Waals surface area contributed by atoms with E-state index in [1.807, 2.05) is 24.3 Å². The highest BCUT2D eigenvalue weighted by molar-refractivity contribution is 7.89. The van der Waals surface area contributed by atoms with E-state index in [1.165, 1.54) is 24.3 Å². The van der Waals surface area contributed by atoms with E-state index in [-0.39, 0.29) is 16.7 Å². The Morgan fingerprint density at radius 1 is 1.15 bits per heavy atom. The molecule has 26 heavy (non-hydrogen) atoms. The summed E-state index contributed by atoms with van der Waals surface area (Å²) in [6.45, 7) is 1.22. The van der Waals surface area contributed by atoms with Crippen LogP contribution >= 0.6 is 11.3 Å². The van der Waals surface area contributed by atoms with Crippen LogP contribution in [-0.2, 0) is 14.8 Å². The molecule has 3 aromatic rings. The van der Waals surface area contributed by atoms with Crippen molar-refractivity contribution in [3.63, 3.8) is 0 Å². The molecule has 134 valence electrons. The Morgan fingerprint density at radius 3 is 2.50 bits per heavy atom. The first-order valence-electron chi connectivity index (χ1n) is 7.94. The van der Waals surface area contributed by atoms with Gasteiger partial charge in [0.1, 0.15) is 0 Å². The molecule has 0 radical (unpaired) electrons. The Kier molecular flexibility index (Phi) is 4.14. The average Bonchev–Trinajstić information content (AvgIpc) is 2.96. The number of anilines is 2. The number of nitrogens with zero attached hydrogens (tertiary/aromatic N) is 2. The predicted octanol–water partition coefficient (Wildman–Crippen LogP) is 2.02. The number of aromatic nitrogens is 1. The van der Waals surface area contributed by atoms with Gasteiger partial charge in [-0.1, -0.05) is 23.5 Å². The Labute approximate surface area is 154 Å². The molecule has 0 unspecified atom stereocenters. The highest BCUT2D eigenvalue weighted by atomic mass is 32.2. The second-order valence-corrected chi connectivity index (χ2v) is 8.70. The molecular weight excluding hydrogens is 372 g/mol. The van der Waals surface area contributed by atoms with Crippen LogP contribution in [0.3, 0.4) is 0 Å². The molecule has 2 aromatic carbocycles. The molecule has 1 fully saturated rings. The van der Waals surface area contributed by atoms with Crippen molar-refractivity contribution in [1.29, 1.82) is 0 Å². The number of hydrogen-bond donors (Lipinski definition) is 2. The number of primary sulfonamides is 1. The molecule has 0 atom stereocenters. The van der Waals surface area contributed by atoms with Crippen molar-refractivity contribution >= 4 is 48.3 Å². The highest BCUT2D eigenvalue weighted by Crippen LogP contribution is 2.33. The Balaban J connectivity index is 1.37. The van der Waals surface area contributed by atoms with Crippen molar-refractivity contribution in [2.24, 2.45) is 11.1 Å². The van der Waals surface area contributed by atoms with Gasteiger partial charge in [-0.05, 0) is 36.4 Å². The summed E-state index contributed by atoms with van der Waals surface area (Å²) in [5, 5.41) is 8.79. The van der Waals surface area contributed by atoms with E-state index >= 15 is 0 Å². The lowest BCUT2D eigenvalue weighted by Gasteiger charge is -2.37. The first kappa shape index (κ1) is 17.0. The summed E-state index contributed by atoms with van der Waals surface area (Å²) in [4.78, 5) is 19.0. The maximum absolute atomic E-state index is 12.3. The maximum Gasteiger partial charge on any atom is 0.238 e. The number of amides is 1. The number of carbonyl (C=O) groups is 1. The van der Waals surface area contributed by atoms with Crippen LogP contribution in [-0.4, -0.2) is 32.4 Å². The molecule has 0 spiro atoms. The zero-order valence-corrected chi connectivity index (χ0v) is 15.3. The number of para-hydroxylation sites is 1. The van der Waals surface area contributed by atoms with Crippen molar-refractivity contribution in [2.45, 2.75) is 4.90 Å². The molecule has 2 heterocycles. The van der Waals surface area contributed by atoms with Crippen LogP contribution in [0.5, 0.6) is 0 Å². The van der Waals surface area contributed by atoms with Crippen molar-refractivity contribution in [1.82, 2.24) is 4.98 Å². The molecule has 1 amide bonds. The number of hydrogen-bond acceptors (Lipinski definition) is 6. The summed E-state index contributed by atoms with van der Waals surface area (Å²) >= 11 is 1.62. The van der Waals surface area contributed by atoms with Gasteiger partial charge in [0, 0.05) is 18.8 Å². The number of rotatable bonds is 4. The van der Waals surface area contributed by atoms with Gasteiger partial charge in [-0.15, -0.1) is 0 Å². The lowest BCUT2D eigenvalue weighted by atomic mass is 10.00. The van der Waals surface area contributed by atoms with E-state index in [1.54, 1.807) is 11.3 Å². The summed E-state index contributed by atoms with van der Waals surface area (Å²) in [7, 11) is -3.73. The van der Waals surface area contributed by atoms with Crippen LogP contribution < -0.4 is 15.4 Å². The molecule has 1 aliphatic heterocycles. The first-order chi connectivity index (χ1) is 12.4. The minimum Gasteiger partial charge on any atom is -0.346 e. The number of benzene rings is 2. The molecule has 7 nitrogen and oxygen atoms in total. The maximum atomic E-state index is 12.3. The summed E-state index contributed by atoms with van der Waals surface area (Å²) in [5.41, 5.74) is 1.51. The minimum absolute atomic E-state index is 0.0150. The number of carbonyl (C=O) groups excluding carboxylic acids is 1. The molecule has 3 N–H and O–H groups in total. The summed E-state index contributed by atoms with van der Waals surface area (Å²) in [6.07, 6.45) is 0. The van der Waals surface area contributed by atoms with Gasteiger partial charge in [-0.3, -0.25) is 4.79 Å². The lowest BCUT2D eigenvalue weighted by Crippen LogP contribution is -2.52. The number of thiazole rings is 1. The summed E-state index contributed by atoms with van der Waals surface area (Å²) in [6, 6.07) is 13.8. The second kappa shape index (κ2) is 6.35. The van der Waals surface area contributed by atoms with Crippen LogP contribution in [0.4, 0.5) is 10.8 Å². The molecule has 1 aromatic heterocycles. The fourth-order valence-electron chi connectivity index (χ4n) is 2.77. The predicted molar refractivity (Wildman–Crippen MR) is 102 cm³/mol. The van der Waals surface area contributed by atoms with Crippen LogP contribution in [0.2, 0.25) is 0 Å². The molecule has 9 heteroatoms. The van der Waals surface area contributed by atoms with E-state index in [2.05, 4.69) is 15.2 Å². The average molecular weight is 388 g/mol. The molecule has 0 bridgehead atoms. The third-order valence-electron chi connectivity index (χ3n) is 4.26. The second-order valence-electron chi connectivity index (χ2n) is 6.12. The third kappa shape index (κ3) is 3.28. The highest BCUT2D eigenvalue weighted by Gasteiger charge is 2.34. The molecule has 0 aliphatic carbocycles. The molecular formula is C17H16N4O3S2. The van der Waals surface area contributed by atoms with Crippen LogP contribution in [0.25, 0.3) is 10.2 Å². The van der Waals surface area contributed by atoms with Crippen molar-refractivity contribution in [3.8, 4) is 0 Å². The molecule has 4 rings (SSSR count). The van der Waals surface area contributed by atoms with Gasteiger partial charge >= 0.3 is 0 Å². The standard InChI is InChI=1S/C17H16N4O3S2/c18-26(23,24)13-7-5-12(6-8-13)19-16(22)11-9-21(10-11)17-20-14-3-1-2-4-15(14)25-17/h1-8,11H,9-10H2,(H,19,22)(H2,18,23,24). The SMILES string of the molecule is NS(=O)(=O)c1ccc(NC(=O)C2CN(c3nc4ccccc4s3)C2)cc1. The van der Waals surface area contributed by atoms with Gasteiger partial charge in [-0.25, -0.2) is 18.5 Å². The Hall–Kier alpha value is -2.49. The van der Waals surface area contributed by atoms with Crippen LogP contribution in [0, 0.1) is 5.92 Å². The summed E-state index contributed by atoms with van der Waals surface area (Å²) < 4.78 is 23.6. The number of sulfonamides is 1. The first-order valence-corrected chi connectivity index (χ1v) is 10.3. The fourth-order valence-corrected chi connectivity index (χ4v) is 4.27. The molecule has 1 aliphatic rings.